The Bertz CT molecular complexity index is 1080. The number of methoxy groups -OCH3 is 2. The number of para-hydroxylation sites is 1. The maximum atomic E-state index is 12.7. The summed E-state index contributed by atoms with van der Waals surface area (Å²) in [5, 5.41) is 4.15. The van der Waals surface area contributed by atoms with Gasteiger partial charge >= 0.3 is 0 Å². The quantitative estimate of drug-likeness (QED) is 0.631. The summed E-state index contributed by atoms with van der Waals surface area (Å²) in [7, 11) is 3.13. The molecule has 0 spiro atoms. The average Bonchev–Trinajstić information content (AvgIpc) is 3.37. The van der Waals surface area contributed by atoms with Gasteiger partial charge in [0, 0.05) is 42.7 Å². The van der Waals surface area contributed by atoms with E-state index in [4.69, 9.17) is 9.47 Å². The fourth-order valence-corrected chi connectivity index (χ4v) is 3.93. The lowest BCUT2D eigenvalue weighted by Crippen LogP contribution is -2.34. The van der Waals surface area contributed by atoms with Crippen molar-refractivity contribution < 1.29 is 19.1 Å². The number of aromatic nitrogens is 1. The van der Waals surface area contributed by atoms with Crippen LogP contribution >= 0.6 is 0 Å². The molecule has 2 amide bonds. The van der Waals surface area contributed by atoms with Crippen LogP contribution in [0.1, 0.15) is 12.0 Å². The van der Waals surface area contributed by atoms with Crippen LogP contribution in [0.3, 0.4) is 0 Å². The minimum Gasteiger partial charge on any atom is -0.497 e. The van der Waals surface area contributed by atoms with Crippen LogP contribution < -0.4 is 19.7 Å². The number of nitrogens with zero attached hydrogens (tertiary/aromatic N) is 1. The largest absolute Gasteiger partial charge is 0.497 e. The summed E-state index contributed by atoms with van der Waals surface area (Å²) in [5.41, 5.74) is 2.87. The molecule has 4 rings (SSSR count). The van der Waals surface area contributed by atoms with Crippen molar-refractivity contribution in [1.82, 2.24) is 10.3 Å². The van der Waals surface area contributed by atoms with E-state index in [1.807, 2.05) is 24.4 Å². The van der Waals surface area contributed by atoms with E-state index in [0.29, 0.717) is 30.3 Å². The van der Waals surface area contributed by atoms with Crippen LogP contribution in [0.5, 0.6) is 11.5 Å². The average molecular weight is 407 g/mol. The third-order valence-electron chi connectivity index (χ3n) is 5.54. The molecule has 7 heteroatoms. The van der Waals surface area contributed by atoms with Gasteiger partial charge in [-0.3, -0.25) is 9.59 Å². The standard InChI is InChI=1S/C23H25N3O4/c1-29-17-7-8-21(30-2)20(12-17)26-14-16(11-22(26)27)23(28)24-10-9-15-13-25-19-6-4-3-5-18(15)19/h3-8,12-13,16,25H,9-11,14H2,1-2H3,(H,24,28)/t16-/m1/s1. The zero-order valence-corrected chi connectivity index (χ0v) is 17.1. The van der Waals surface area contributed by atoms with Gasteiger partial charge in [0.05, 0.1) is 25.8 Å². The maximum Gasteiger partial charge on any atom is 0.227 e. The zero-order chi connectivity index (χ0) is 21.1. The Balaban J connectivity index is 1.38. The molecule has 1 aromatic heterocycles. The summed E-state index contributed by atoms with van der Waals surface area (Å²) in [6.45, 7) is 0.842. The molecule has 0 radical (unpaired) electrons. The Labute approximate surface area is 175 Å². The van der Waals surface area contributed by atoms with E-state index < -0.39 is 5.92 Å². The summed E-state index contributed by atoms with van der Waals surface area (Å²) in [6, 6.07) is 13.4. The van der Waals surface area contributed by atoms with Crippen molar-refractivity contribution in [1.29, 1.82) is 0 Å². The third-order valence-corrected chi connectivity index (χ3v) is 5.54. The first-order valence-electron chi connectivity index (χ1n) is 9.96. The second kappa shape index (κ2) is 8.49. The van der Waals surface area contributed by atoms with Gasteiger partial charge in [0.25, 0.3) is 0 Å². The van der Waals surface area contributed by atoms with Gasteiger partial charge in [-0.15, -0.1) is 0 Å². The molecular formula is C23H25N3O4. The van der Waals surface area contributed by atoms with E-state index in [9.17, 15) is 9.59 Å². The van der Waals surface area contributed by atoms with E-state index in [-0.39, 0.29) is 18.2 Å². The lowest BCUT2D eigenvalue weighted by Gasteiger charge is -2.20. The van der Waals surface area contributed by atoms with Crippen molar-refractivity contribution in [3.8, 4) is 11.5 Å². The summed E-state index contributed by atoms with van der Waals surface area (Å²) in [6.07, 6.45) is 2.88. The number of hydrogen-bond acceptors (Lipinski definition) is 4. The molecule has 0 bridgehead atoms. The van der Waals surface area contributed by atoms with Crippen LogP contribution in [-0.2, 0) is 16.0 Å². The molecule has 1 aliphatic heterocycles. The highest BCUT2D eigenvalue weighted by Crippen LogP contribution is 2.36. The fourth-order valence-electron chi connectivity index (χ4n) is 3.93. The normalized spacial score (nSPS) is 16.1. The zero-order valence-electron chi connectivity index (χ0n) is 17.1. The molecule has 1 atom stereocenters. The topological polar surface area (TPSA) is 83.7 Å². The molecule has 0 aliphatic carbocycles. The highest BCUT2D eigenvalue weighted by Gasteiger charge is 2.36. The molecule has 156 valence electrons. The van der Waals surface area contributed by atoms with E-state index in [0.717, 1.165) is 17.5 Å². The summed E-state index contributed by atoms with van der Waals surface area (Å²) >= 11 is 0. The first-order valence-corrected chi connectivity index (χ1v) is 9.96. The number of fused-ring (bicyclic) bond motifs is 1. The van der Waals surface area contributed by atoms with Crippen LogP contribution in [-0.4, -0.2) is 44.1 Å². The van der Waals surface area contributed by atoms with Crippen LogP contribution in [0.25, 0.3) is 10.9 Å². The van der Waals surface area contributed by atoms with Crippen molar-refractivity contribution in [3.05, 3.63) is 54.2 Å². The molecule has 2 aromatic carbocycles. The Morgan fingerprint density at radius 2 is 2.03 bits per heavy atom. The molecule has 1 fully saturated rings. The van der Waals surface area contributed by atoms with Gasteiger partial charge < -0.3 is 24.7 Å². The van der Waals surface area contributed by atoms with Crippen molar-refractivity contribution in [2.45, 2.75) is 12.8 Å². The van der Waals surface area contributed by atoms with Gasteiger partial charge in [0.1, 0.15) is 11.5 Å². The molecule has 2 N–H and O–H groups in total. The molecule has 0 unspecified atom stereocenters. The number of hydrogen-bond donors (Lipinski definition) is 2. The number of nitrogens with one attached hydrogen (secondary N) is 2. The number of H-pyrrole nitrogens is 1. The number of rotatable bonds is 7. The number of aromatic amines is 1. The maximum absolute atomic E-state index is 12.7. The summed E-state index contributed by atoms with van der Waals surface area (Å²) < 4.78 is 10.7. The number of amides is 2. The van der Waals surface area contributed by atoms with Crippen LogP contribution in [0, 0.1) is 5.92 Å². The van der Waals surface area contributed by atoms with Gasteiger partial charge in [-0.05, 0) is 30.2 Å². The SMILES string of the molecule is COc1ccc(OC)c(N2C[C@H](C(=O)NCCc3c[nH]c4ccccc34)CC2=O)c1. The highest BCUT2D eigenvalue weighted by molar-refractivity contribution is 6.01. The Morgan fingerprint density at radius 3 is 2.83 bits per heavy atom. The number of carbonyl (C=O) groups is 2. The van der Waals surface area contributed by atoms with E-state index in [1.54, 1.807) is 37.3 Å². The number of benzene rings is 2. The predicted molar refractivity (Wildman–Crippen MR) is 115 cm³/mol. The second-order valence-corrected chi connectivity index (χ2v) is 7.34. The summed E-state index contributed by atoms with van der Waals surface area (Å²) in [5.74, 6) is 0.608. The van der Waals surface area contributed by atoms with Crippen LogP contribution in [0.15, 0.2) is 48.7 Å². The lowest BCUT2D eigenvalue weighted by atomic mass is 10.1. The second-order valence-electron chi connectivity index (χ2n) is 7.34. The van der Waals surface area contributed by atoms with Crippen LogP contribution in [0.2, 0.25) is 0 Å². The smallest absolute Gasteiger partial charge is 0.227 e. The van der Waals surface area contributed by atoms with Crippen molar-refractivity contribution in [2.75, 3.05) is 32.2 Å². The molecule has 1 aliphatic rings. The van der Waals surface area contributed by atoms with Gasteiger partial charge in [-0.25, -0.2) is 0 Å². The highest BCUT2D eigenvalue weighted by atomic mass is 16.5. The van der Waals surface area contributed by atoms with Gasteiger partial charge in [-0.2, -0.15) is 0 Å². The number of carbonyl (C=O) groups excluding carboxylic acids is 2. The van der Waals surface area contributed by atoms with Gasteiger partial charge in [0.2, 0.25) is 11.8 Å². The van der Waals surface area contributed by atoms with E-state index in [2.05, 4.69) is 16.4 Å². The van der Waals surface area contributed by atoms with Crippen LogP contribution in [0.4, 0.5) is 5.69 Å². The molecule has 30 heavy (non-hydrogen) atoms. The molecular weight excluding hydrogens is 382 g/mol. The van der Waals surface area contributed by atoms with Crippen molar-refractivity contribution >= 4 is 28.4 Å². The van der Waals surface area contributed by atoms with Gasteiger partial charge in [-0.1, -0.05) is 18.2 Å². The Morgan fingerprint density at radius 1 is 1.20 bits per heavy atom. The molecule has 3 aromatic rings. The monoisotopic (exact) mass is 407 g/mol. The van der Waals surface area contributed by atoms with Gasteiger partial charge in [0.15, 0.2) is 0 Å². The minimum atomic E-state index is -0.392. The van der Waals surface area contributed by atoms with Crippen molar-refractivity contribution in [2.24, 2.45) is 5.92 Å². The molecule has 0 saturated carbocycles. The minimum absolute atomic E-state index is 0.0988. The first kappa shape index (κ1) is 19.8. The molecule has 2 heterocycles. The summed E-state index contributed by atoms with van der Waals surface area (Å²) in [4.78, 5) is 30.1. The number of ether oxygens (including phenoxy) is 2. The number of anilines is 1. The molecule has 1 saturated heterocycles. The van der Waals surface area contributed by atoms with Crippen molar-refractivity contribution in [3.63, 3.8) is 0 Å². The van der Waals surface area contributed by atoms with E-state index >= 15 is 0 Å². The first-order chi connectivity index (χ1) is 14.6. The third kappa shape index (κ3) is 3.83. The van der Waals surface area contributed by atoms with E-state index in [1.165, 1.54) is 5.39 Å². The fraction of sp³-hybridized carbons (Fsp3) is 0.304. The Hall–Kier alpha value is -3.48. The predicted octanol–water partition coefficient (Wildman–Crippen LogP) is 2.90. The Kier molecular flexibility index (Phi) is 5.61. The lowest BCUT2D eigenvalue weighted by molar-refractivity contribution is -0.126. The molecule has 7 nitrogen and oxygen atoms in total.